The van der Waals surface area contributed by atoms with E-state index in [9.17, 15) is 9.59 Å². The second-order valence-electron chi connectivity index (χ2n) is 2.00. The quantitative estimate of drug-likeness (QED) is 0.654. The Labute approximate surface area is 67.2 Å². The normalized spacial score (nSPS) is 9.55. The third-order valence-electron chi connectivity index (χ3n) is 1.11. The number of hydrogen-bond donors (Lipinski definition) is 1. The number of hydrogen-bond acceptors (Lipinski definition) is 4. The molecule has 0 aliphatic rings. The average Bonchev–Trinajstić information content (AvgIpc) is 2.33. The van der Waals surface area contributed by atoms with Crippen LogP contribution in [0.3, 0.4) is 0 Å². The van der Waals surface area contributed by atoms with Gasteiger partial charge in [0.05, 0.1) is 4.88 Å². The molecule has 0 aliphatic carbocycles. The molecule has 1 rings (SSSR count). The van der Waals surface area contributed by atoms with Crippen molar-refractivity contribution in [3.8, 4) is 0 Å². The van der Waals surface area contributed by atoms with E-state index < -0.39 is 5.91 Å². The van der Waals surface area contributed by atoms with Crippen LogP contribution in [0.1, 0.15) is 27.1 Å². The highest BCUT2D eigenvalue weighted by atomic mass is 32.1. The molecule has 1 heterocycles. The summed E-state index contributed by atoms with van der Waals surface area (Å²) >= 11 is 0.986. The molecular weight excluding hydrogens is 164 g/mol. The lowest BCUT2D eigenvalue weighted by atomic mass is 10.3. The van der Waals surface area contributed by atoms with Gasteiger partial charge in [0.2, 0.25) is 0 Å². The Morgan fingerprint density at radius 2 is 2.27 bits per heavy atom. The first-order valence-electron chi connectivity index (χ1n) is 2.88. The van der Waals surface area contributed by atoms with Crippen molar-refractivity contribution in [2.45, 2.75) is 6.92 Å². The highest BCUT2D eigenvalue weighted by Crippen LogP contribution is 2.09. The van der Waals surface area contributed by atoms with Crippen LogP contribution < -0.4 is 5.73 Å². The van der Waals surface area contributed by atoms with Gasteiger partial charge in [0, 0.05) is 6.92 Å². The third kappa shape index (κ3) is 1.62. The van der Waals surface area contributed by atoms with Crippen LogP contribution in [0.2, 0.25) is 0 Å². The average molecular weight is 170 g/mol. The molecule has 0 fully saturated rings. The van der Waals surface area contributed by atoms with Crippen molar-refractivity contribution in [2.24, 2.45) is 5.73 Å². The number of carbonyl (C=O) groups is 2. The van der Waals surface area contributed by atoms with Crippen molar-refractivity contribution in [3.63, 3.8) is 0 Å². The Morgan fingerprint density at radius 3 is 2.55 bits per heavy atom. The predicted molar refractivity (Wildman–Crippen MR) is 40.6 cm³/mol. The van der Waals surface area contributed by atoms with Crippen molar-refractivity contribution < 1.29 is 9.59 Å². The Kier molecular flexibility index (Phi) is 2.00. The molecule has 1 aromatic heterocycles. The largest absolute Gasteiger partial charge is 0.364 e. The zero-order valence-electron chi connectivity index (χ0n) is 5.83. The molecule has 2 N–H and O–H groups in total. The summed E-state index contributed by atoms with van der Waals surface area (Å²) in [4.78, 5) is 21.6. The summed E-state index contributed by atoms with van der Waals surface area (Å²) in [6.07, 6.45) is 0. The zero-order valence-corrected chi connectivity index (χ0v) is 6.64. The number of rotatable bonds is 2. The van der Waals surface area contributed by atoms with Gasteiger partial charge in [-0.3, -0.25) is 9.59 Å². The molecular formula is C6H6N2O2S. The molecule has 1 amide bonds. The maximum atomic E-state index is 10.7. The summed E-state index contributed by atoms with van der Waals surface area (Å²) in [6, 6.07) is 1.40. The number of nitrogens with zero attached hydrogens (tertiary/aromatic N) is 1. The number of amides is 1. The fourth-order valence-corrected chi connectivity index (χ4v) is 1.19. The second-order valence-corrected chi connectivity index (χ2v) is 2.80. The molecule has 58 valence electrons. The van der Waals surface area contributed by atoms with Crippen LogP contribution >= 0.6 is 11.5 Å². The first kappa shape index (κ1) is 7.87. The van der Waals surface area contributed by atoms with Gasteiger partial charge < -0.3 is 5.73 Å². The summed E-state index contributed by atoms with van der Waals surface area (Å²) in [5.41, 5.74) is 5.07. The minimum Gasteiger partial charge on any atom is -0.364 e. The molecule has 0 unspecified atom stereocenters. The molecule has 0 radical (unpaired) electrons. The SMILES string of the molecule is CC(=O)c1cc(C(N)=O)ns1. The number of Topliss-reactive ketones (excluding diaryl/α,β-unsaturated/α-hetero) is 1. The van der Waals surface area contributed by atoms with Crippen LogP contribution in [0.4, 0.5) is 0 Å². The lowest BCUT2D eigenvalue weighted by Crippen LogP contribution is -2.10. The van der Waals surface area contributed by atoms with Gasteiger partial charge in [0.1, 0.15) is 5.69 Å². The van der Waals surface area contributed by atoms with E-state index in [4.69, 9.17) is 5.73 Å². The molecule has 4 nitrogen and oxygen atoms in total. The first-order chi connectivity index (χ1) is 5.11. The maximum absolute atomic E-state index is 10.7. The molecule has 0 spiro atoms. The molecule has 11 heavy (non-hydrogen) atoms. The lowest BCUT2D eigenvalue weighted by Gasteiger charge is -1.81. The van der Waals surface area contributed by atoms with Crippen molar-refractivity contribution in [1.29, 1.82) is 0 Å². The zero-order chi connectivity index (χ0) is 8.43. The molecule has 0 saturated carbocycles. The molecule has 0 bridgehead atoms. The number of nitrogens with two attached hydrogens (primary N) is 1. The number of aromatic nitrogens is 1. The molecule has 5 heteroatoms. The van der Waals surface area contributed by atoms with E-state index in [1.165, 1.54) is 13.0 Å². The van der Waals surface area contributed by atoms with Gasteiger partial charge in [-0.1, -0.05) is 0 Å². The number of primary amides is 1. The van der Waals surface area contributed by atoms with Gasteiger partial charge in [-0.15, -0.1) is 0 Å². The van der Waals surface area contributed by atoms with E-state index in [-0.39, 0.29) is 11.5 Å². The predicted octanol–water partition coefficient (Wildman–Crippen LogP) is 0.445. The molecule has 0 atom stereocenters. The van der Waals surface area contributed by atoms with Crippen molar-refractivity contribution in [1.82, 2.24) is 4.37 Å². The minimum atomic E-state index is -0.603. The summed E-state index contributed by atoms with van der Waals surface area (Å²) in [5.74, 6) is -0.705. The van der Waals surface area contributed by atoms with Crippen LogP contribution in [0.15, 0.2) is 6.07 Å². The third-order valence-corrected chi connectivity index (χ3v) is 2.00. The fraction of sp³-hybridized carbons (Fsp3) is 0.167. The summed E-state index contributed by atoms with van der Waals surface area (Å²) in [6.45, 7) is 1.41. The second kappa shape index (κ2) is 2.79. The molecule has 0 aromatic carbocycles. The highest BCUT2D eigenvalue weighted by Gasteiger charge is 2.08. The fourth-order valence-electron chi connectivity index (χ4n) is 0.557. The van der Waals surface area contributed by atoms with Gasteiger partial charge in [-0.05, 0) is 17.6 Å². The lowest BCUT2D eigenvalue weighted by molar-refractivity contribution is 0.0996. The van der Waals surface area contributed by atoms with Gasteiger partial charge in [-0.25, -0.2) is 0 Å². The van der Waals surface area contributed by atoms with E-state index in [0.29, 0.717) is 4.88 Å². The summed E-state index contributed by atoms with van der Waals surface area (Å²) < 4.78 is 3.68. The number of ketones is 1. The van der Waals surface area contributed by atoms with Crippen molar-refractivity contribution in [3.05, 3.63) is 16.6 Å². The van der Waals surface area contributed by atoms with E-state index in [1.807, 2.05) is 0 Å². The van der Waals surface area contributed by atoms with E-state index in [2.05, 4.69) is 4.37 Å². The van der Waals surface area contributed by atoms with E-state index >= 15 is 0 Å². The van der Waals surface area contributed by atoms with Crippen molar-refractivity contribution in [2.75, 3.05) is 0 Å². The first-order valence-corrected chi connectivity index (χ1v) is 3.66. The molecule has 0 saturated heterocycles. The molecule has 1 aromatic rings. The maximum Gasteiger partial charge on any atom is 0.268 e. The number of carbonyl (C=O) groups excluding carboxylic acids is 2. The van der Waals surface area contributed by atoms with Crippen molar-refractivity contribution >= 4 is 23.2 Å². The summed E-state index contributed by atoms with van der Waals surface area (Å²) in [5, 5.41) is 0. The minimum absolute atomic E-state index is 0.102. The van der Waals surface area contributed by atoms with Gasteiger partial charge >= 0.3 is 0 Å². The van der Waals surface area contributed by atoms with Crippen LogP contribution in [0.5, 0.6) is 0 Å². The Balaban J connectivity index is 2.99. The van der Waals surface area contributed by atoms with Crippen LogP contribution in [0.25, 0.3) is 0 Å². The van der Waals surface area contributed by atoms with Gasteiger partial charge in [0.25, 0.3) is 5.91 Å². The van der Waals surface area contributed by atoms with Gasteiger partial charge in [-0.2, -0.15) is 4.37 Å². The smallest absolute Gasteiger partial charge is 0.268 e. The summed E-state index contributed by atoms with van der Waals surface area (Å²) in [7, 11) is 0. The van der Waals surface area contributed by atoms with Crippen LogP contribution in [0, 0.1) is 0 Å². The monoisotopic (exact) mass is 170 g/mol. The Bertz CT molecular complexity index is 277. The molecule has 0 aliphatic heterocycles. The van der Waals surface area contributed by atoms with Crippen LogP contribution in [-0.4, -0.2) is 16.1 Å². The van der Waals surface area contributed by atoms with Gasteiger partial charge in [0.15, 0.2) is 5.78 Å². The highest BCUT2D eigenvalue weighted by molar-refractivity contribution is 7.08. The topological polar surface area (TPSA) is 73.1 Å². The Hall–Kier alpha value is -1.23. The van der Waals surface area contributed by atoms with Crippen LogP contribution in [-0.2, 0) is 0 Å². The van der Waals surface area contributed by atoms with E-state index in [1.54, 1.807) is 0 Å². The standard InChI is InChI=1S/C6H6N2O2S/c1-3(9)5-2-4(6(7)10)8-11-5/h2H,1H3,(H2,7,10). The van der Waals surface area contributed by atoms with E-state index in [0.717, 1.165) is 11.5 Å². The Morgan fingerprint density at radius 1 is 1.64 bits per heavy atom.